The molecule has 0 aliphatic heterocycles. The van der Waals surface area contributed by atoms with Crippen LogP contribution in [0.25, 0.3) is 0 Å². The zero-order chi connectivity index (χ0) is 13.0. The Labute approximate surface area is 103 Å². The lowest BCUT2D eigenvalue weighted by atomic mass is 9.95. The predicted molar refractivity (Wildman–Crippen MR) is 69.6 cm³/mol. The summed E-state index contributed by atoms with van der Waals surface area (Å²) >= 11 is 0. The third-order valence-electron chi connectivity index (χ3n) is 2.98. The highest BCUT2D eigenvalue weighted by Crippen LogP contribution is 2.24. The summed E-state index contributed by atoms with van der Waals surface area (Å²) in [6.45, 7) is 6.41. The zero-order valence-corrected chi connectivity index (χ0v) is 11.0. The molecule has 1 aromatic carbocycles. The number of hydrogen-bond acceptors (Lipinski definition) is 3. The number of rotatable bonds is 5. The minimum absolute atomic E-state index is 0.159. The van der Waals surface area contributed by atoms with Crippen molar-refractivity contribution >= 4 is 5.78 Å². The Morgan fingerprint density at radius 3 is 2.53 bits per heavy atom. The van der Waals surface area contributed by atoms with Gasteiger partial charge in [-0.2, -0.15) is 0 Å². The molecule has 1 atom stereocenters. The first kappa shape index (κ1) is 13.7. The monoisotopic (exact) mass is 235 g/mol. The number of carbonyl (C=O) groups excluding carboxylic acids is 1. The van der Waals surface area contributed by atoms with Crippen LogP contribution in [-0.4, -0.2) is 19.4 Å². The SMILES string of the molecule is COc1cc(C)c(C(=O)CC(C)CN)cc1C. The smallest absolute Gasteiger partial charge is 0.163 e. The van der Waals surface area contributed by atoms with Gasteiger partial charge in [-0.1, -0.05) is 6.92 Å². The highest BCUT2D eigenvalue weighted by molar-refractivity contribution is 5.98. The van der Waals surface area contributed by atoms with Crippen LogP contribution in [0.2, 0.25) is 0 Å². The fourth-order valence-corrected chi connectivity index (χ4v) is 1.82. The molecule has 3 nitrogen and oxygen atoms in total. The fourth-order valence-electron chi connectivity index (χ4n) is 1.82. The molecule has 0 aromatic heterocycles. The molecule has 1 aromatic rings. The lowest BCUT2D eigenvalue weighted by Gasteiger charge is -2.12. The van der Waals surface area contributed by atoms with Crippen molar-refractivity contribution in [2.75, 3.05) is 13.7 Å². The van der Waals surface area contributed by atoms with E-state index in [-0.39, 0.29) is 11.7 Å². The Bertz CT molecular complexity index is 413. The molecule has 1 rings (SSSR count). The predicted octanol–water partition coefficient (Wildman–Crippen LogP) is 2.48. The normalized spacial score (nSPS) is 12.3. The quantitative estimate of drug-likeness (QED) is 0.798. The first-order chi connectivity index (χ1) is 7.99. The molecule has 0 radical (unpaired) electrons. The summed E-state index contributed by atoms with van der Waals surface area (Å²) in [5, 5.41) is 0. The summed E-state index contributed by atoms with van der Waals surface area (Å²) in [5.41, 5.74) is 8.27. The van der Waals surface area contributed by atoms with Gasteiger partial charge in [0.2, 0.25) is 0 Å². The third-order valence-corrected chi connectivity index (χ3v) is 2.98. The Morgan fingerprint density at radius 2 is 2.00 bits per heavy atom. The van der Waals surface area contributed by atoms with Crippen molar-refractivity contribution in [3.8, 4) is 5.75 Å². The molecule has 0 bridgehead atoms. The van der Waals surface area contributed by atoms with Crippen molar-refractivity contribution < 1.29 is 9.53 Å². The van der Waals surface area contributed by atoms with Gasteiger partial charge in [-0.05, 0) is 49.6 Å². The van der Waals surface area contributed by atoms with E-state index in [0.717, 1.165) is 22.4 Å². The molecule has 0 saturated heterocycles. The molecular formula is C14H21NO2. The maximum atomic E-state index is 12.1. The average molecular weight is 235 g/mol. The lowest BCUT2D eigenvalue weighted by molar-refractivity contribution is 0.0965. The van der Waals surface area contributed by atoms with Gasteiger partial charge >= 0.3 is 0 Å². The van der Waals surface area contributed by atoms with Gasteiger partial charge in [-0.15, -0.1) is 0 Å². The first-order valence-electron chi connectivity index (χ1n) is 5.88. The van der Waals surface area contributed by atoms with Crippen molar-refractivity contribution in [1.29, 1.82) is 0 Å². The minimum atomic E-state index is 0.159. The summed E-state index contributed by atoms with van der Waals surface area (Å²) in [4.78, 5) is 12.1. The molecule has 0 fully saturated rings. The molecular weight excluding hydrogens is 214 g/mol. The fraction of sp³-hybridized carbons (Fsp3) is 0.500. The van der Waals surface area contributed by atoms with E-state index in [4.69, 9.17) is 10.5 Å². The molecule has 3 heteroatoms. The van der Waals surface area contributed by atoms with Crippen molar-refractivity contribution in [1.82, 2.24) is 0 Å². The first-order valence-corrected chi connectivity index (χ1v) is 5.88. The number of benzene rings is 1. The Kier molecular flexibility index (Phi) is 4.70. The van der Waals surface area contributed by atoms with Crippen molar-refractivity contribution in [2.45, 2.75) is 27.2 Å². The van der Waals surface area contributed by atoms with E-state index < -0.39 is 0 Å². The Morgan fingerprint density at radius 1 is 1.35 bits per heavy atom. The van der Waals surface area contributed by atoms with Gasteiger partial charge in [-0.3, -0.25) is 4.79 Å². The number of ether oxygens (including phenoxy) is 1. The largest absolute Gasteiger partial charge is 0.496 e. The van der Waals surface area contributed by atoms with E-state index in [0.29, 0.717) is 13.0 Å². The second-order valence-electron chi connectivity index (χ2n) is 4.60. The van der Waals surface area contributed by atoms with Gasteiger partial charge in [0.1, 0.15) is 5.75 Å². The molecule has 0 spiro atoms. The molecule has 0 aliphatic rings. The van der Waals surface area contributed by atoms with Gasteiger partial charge in [0, 0.05) is 12.0 Å². The number of ketones is 1. The zero-order valence-electron chi connectivity index (χ0n) is 11.0. The van der Waals surface area contributed by atoms with Crippen molar-refractivity contribution in [3.63, 3.8) is 0 Å². The molecule has 1 unspecified atom stereocenters. The summed E-state index contributed by atoms with van der Waals surface area (Å²) < 4.78 is 5.23. The van der Waals surface area contributed by atoms with Gasteiger partial charge in [-0.25, -0.2) is 0 Å². The van der Waals surface area contributed by atoms with Crippen LogP contribution in [-0.2, 0) is 0 Å². The maximum Gasteiger partial charge on any atom is 0.163 e. The maximum absolute atomic E-state index is 12.1. The standard InChI is InChI=1S/C14H21NO2/c1-9(8-15)5-13(16)12-6-11(3)14(17-4)7-10(12)2/h6-7,9H,5,8,15H2,1-4H3. The number of methoxy groups -OCH3 is 1. The van der Waals surface area contributed by atoms with E-state index in [2.05, 4.69) is 0 Å². The van der Waals surface area contributed by atoms with Gasteiger partial charge in [0.05, 0.1) is 7.11 Å². The topological polar surface area (TPSA) is 52.3 Å². The van der Waals surface area contributed by atoms with Crippen LogP contribution < -0.4 is 10.5 Å². The van der Waals surface area contributed by atoms with Crippen LogP contribution in [0, 0.1) is 19.8 Å². The Balaban J connectivity index is 2.98. The van der Waals surface area contributed by atoms with Gasteiger partial charge in [0.15, 0.2) is 5.78 Å². The van der Waals surface area contributed by atoms with Crippen LogP contribution in [0.4, 0.5) is 0 Å². The molecule has 0 amide bonds. The minimum Gasteiger partial charge on any atom is -0.496 e. The summed E-state index contributed by atoms with van der Waals surface area (Å²) in [6, 6.07) is 3.81. The number of nitrogens with two attached hydrogens (primary N) is 1. The van der Waals surface area contributed by atoms with Gasteiger partial charge < -0.3 is 10.5 Å². The number of hydrogen-bond donors (Lipinski definition) is 1. The van der Waals surface area contributed by atoms with E-state index in [1.807, 2.05) is 32.9 Å². The van der Waals surface area contributed by atoms with Crippen LogP contribution in [0.3, 0.4) is 0 Å². The van der Waals surface area contributed by atoms with E-state index in [1.54, 1.807) is 7.11 Å². The van der Waals surface area contributed by atoms with Crippen LogP contribution in [0.1, 0.15) is 34.8 Å². The number of aryl methyl sites for hydroxylation is 2. The summed E-state index contributed by atoms with van der Waals surface area (Å²) in [7, 11) is 1.64. The second kappa shape index (κ2) is 5.82. The molecule has 0 aliphatic carbocycles. The van der Waals surface area contributed by atoms with Gasteiger partial charge in [0.25, 0.3) is 0 Å². The number of carbonyl (C=O) groups is 1. The second-order valence-corrected chi connectivity index (χ2v) is 4.60. The highest BCUT2D eigenvalue weighted by Gasteiger charge is 2.14. The lowest BCUT2D eigenvalue weighted by Crippen LogP contribution is -2.16. The molecule has 94 valence electrons. The van der Waals surface area contributed by atoms with Crippen molar-refractivity contribution in [3.05, 3.63) is 28.8 Å². The molecule has 2 N–H and O–H groups in total. The van der Waals surface area contributed by atoms with Crippen LogP contribution >= 0.6 is 0 Å². The van der Waals surface area contributed by atoms with E-state index in [1.165, 1.54) is 0 Å². The van der Waals surface area contributed by atoms with E-state index in [9.17, 15) is 4.79 Å². The molecule has 0 heterocycles. The molecule has 17 heavy (non-hydrogen) atoms. The molecule has 0 saturated carbocycles. The van der Waals surface area contributed by atoms with Crippen LogP contribution in [0.15, 0.2) is 12.1 Å². The summed E-state index contributed by atoms with van der Waals surface area (Å²) in [6.07, 6.45) is 0.503. The highest BCUT2D eigenvalue weighted by atomic mass is 16.5. The number of Topliss-reactive ketones (excluding diaryl/α,β-unsaturated/α-hetero) is 1. The average Bonchev–Trinajstić information content (AvgIpc) is 2.31. The van der Waals surface area contributed by atoms with E-state index >= 15 is 0 Å². The van der Waals surface area contributed by atoms with Crippen molar-refractivity contribution in [2.24, 2.45) is 11.7 Å². The Hall–Kier alpha value is -1.35. The third kappa shape index (κ3) is 3.30. The summed E-state index contributed by atoms with van der Waals surface area (Å²) in [5.74, 6) is 1.21. The van der Waals surface area contributed by atoms with Crippen LogP contribution in [0.5, 0.6) is 5.75 Å².